The van der Waals surface area contributed by atoms with Crippen molar-refractivity contribution in [3.8, 4) is 0 Å². The fourth-order valence-electron chi connectivity index (χ4n) is 1.08. The number of hydrogen-bond donors (Lipinski definition) is 0. The van der Waals surface area contributed by atoms with Crippen LogP contribution in [-0.4, -0.2) is 27.1 Å². The molecule has 1 rings (SSSR count). The van der Waals surface area contributed by atoms with Crippen molar-refractivity contribution in [2.24, 2.45) is 0 Å². The zero-order valence-corrected chi connectivity index (χ0v) is 6.30. The van der Waals surface area contributed by atoms with Crippen LogP contribution in [0, 0.1) is 0 Å². The van der Waals surface area contributed by atoms with E-state index in [1.807, 2.05) is 0 Å². The van der Waals surface area contributed by atoms with E-state index in [2.05, 4.69) is 18.2 Å². The fourth-order valence-corrected chi connectivity index (χ4v) is 2.91. The fraction of sp³-hybridized carbons (Fsp3) is 1.00. The Bertz CT molecular complexity index is 57.1. The summed E-state index contributed by atoms with van der Waals surface area (Å²) in [6.45, 7) is 3.79. The van der Waals surface area contributed by atoms with Crippen molar-refractivity contribution in [1.29, 1.82) is 0 Å². The van der Waals surface area contributed by atoms with Crippen LogP contribution in [0.2, 0.25) is 12.6 Å². The first kappa shape index (κ1) is 5.32. The Hall–Kier alpha value is 0.177. The number of rotatable bonds is 0. The van der Waals surface area contributed by atoms with E-state index in [4.69, 9.17) is 0 Å². The predicted molar refractivity (Wildman–Crippen MR) is 35.1 cm³/mol. The van der Waals surface area contributed by atoms with Crippen LogP contribution in [0.4, 0.5) is 0 Å². The second-order valence-electron chi connectivity index (χ2n) is 2.47. The summed E-state index contributed by atoms with van der Waals surface area (Å²) in [6, 6.07) is 1.54. The van der Waals surface area contributed by atoms with E-state index < -0.39 is 0 Å². The van der Waals surface area contributed by atoms with E-state index in [0.717, 1.165) is 0 Å². The van der Waals surface area contributed by atoms with Crippen molar-refractivity contribution < 1.29 is 0 Å². The van der Waals surface area contributed by atoms with Crippen molar-refractivity contribution in [1.82, 2.24) is 4.57 Å². The quantitative estimate of drug-likeness (QED) is 0.420. The smallest absolute Gasteiger partial charge is 0.108 e. The van der Waals surface area contributed by atoms with Gasteiger partial charge < -0.3 is 4.57 Å². The van der Waals surface area contributed by atoms with E-state index in [1.54, 1.807) is 0 Å². The van der Waals surface area contributed by atoms with Crippen LogP contribution < -0.4 is 0 Å². The Morgan fingerprint density at radius 2 is 2.29 bits per heavy atom. The number of nitrogens with zero attached hydrogens (tertiary/aromatic N) is 1. The van der Waals surface area contributed by atoms with E-state index in [0.29, 0.717) is 0 Å². The molecule has 0 aliphatic carbocycles. The maximum absolute atomic E-state index is 2.54. The Morgan fingerprint density at radius 3 is 2.43 bits per heavy atom. The summed E-state index contributed by atoms with van der Waals surface area (Å²) in [5, 5.41) is 0. The molecule has 1 nitrogen and oxygen atoms in total. The highest BCUT2D eigenvalue weighted by atomic mass is 28.3. The van der Waals surface area contributed by atoms with Gasteiger partial charge in [-0.15, -0.1) is 0 Å². The van der Waals surface area contributed by atoms with E-state index in [9.17, 15) is 0 Å². The van der Waals surface area contributed by atoms with Gasteiger partial charge in [0, 0.05) is 0 Å². The van der Waals surface area contributed by atoms with Gasteiger partial charge in [0.1, 0.15) is 8.96 Å². The molecule has 0 aromatic heterocycles. The Kier molecular flexibility index (Phi) is 1.49. The summed E-state index contributed by atoms with van der Waals surface area (Å²) in [7, 11) is 1.94. The minimum Gasteiger partial charge on any atom is -0.329 e. The molecule has 1 heterocycles. The highest BCUT2D eigenvalue weighted by Gasteiger charge is 2.16. The Labute approximate surface area is 47.0 Å². The van der Waals surface area contributed by atoms with Gasteiger partial charge in [-0.05, 0) is 26.1 Å². The second-order valence-corrected chi connectivity index (χ2v) is 5.63. The lowest BCUT2D eigenvalue weighted by molar-refractivity contribution is 0.565. The average molecular weight is 115 g/mol. The molecule has 1 aliphatic rings. The average Bonchev–Trinajstić information content (AvgIpc) is 1.91. The third-order valence-corrected chi connectivity index (χ3v) is 4.89. The zero-order chi connectivity index (χ0) is 5.28. The van der Waals surface area contributed by atoms with Crippen molar-refractivity contribution in [3.05, 3.63) is 0 Å². The molecule has 0 radical (unpaired) electrons. The van der Waals surface area contributed by atoms with E-state index in [-0.39, 0.29) is 8.96 Å². The highest BCUT2D eigenvalue weighted by molar-refractivity contribution is 6.54. The molecule has 0 saturated carbocycles. The molecule has 0 N–H and O–H groups in total. The van der Waals surface area contributed by atoms with Gasteiger partial charge in [0.05, 0.1) is 0 Å². The predicted octanol–water partition coefficient (Wildman–Crippen LogP) is 0.675. The lowest BCUT2D eigenvalue weighted by Gasteiger charge is -2.10. The lowest BCUT2D eigenvalue weighted by Crippen LogP contribution is -2.25. The first-order valence-electron chi connectivity index (χ1n) is 3.01. The molecular weight excluding hydrogens is 102 g/mol. The van der Waals surface area contributed by atoms with Gasteiger partial charge in [0.2, 0.25) is 0 Å². The summed E-state index contributed by atoms with van der Waals surface area (Å²) in [5.74, 6) is 0. The van der Waals surface area contributed by atoms with Crippen molar-refractivity contribution >= 4 is 8.96 Å². The zero-order valence-electron chi connectivity index (χ0n) is 5.15. The van der Waals surface area contributed by atoms with E-state index in [1.165, 1.54) is 19.0 Å². The standard InChI is InChI=1S/C5H13NSi/c1-6-4-3-5-7(6)2/h7H,3-5H2,1-2H3. The Balaban J connectivity index is 2.33. The molecule has 1 saturated heterocycles. The minimum atomic E-state index is -0.310. The molecular formula is C5H13NSi. The molecule has 1 aliphatic heterocycles. The largest absolute Gasteiger partial charge is 0.329 e. The van der Waals surface area contributed by atoms with Gasteiger partial charge in [-0.3, -0.25) is 0 Å². The summed E-state index contributed by atoms with van der Waals surface area (Å²) in [6.07, 6.45) is 1.46. The Morgan fingerprint density at radius 1 is 1.57 bits per heavy atom. The van der Waals surface area contributed by atoms with Crippen LogP contribution in [0.15, 0.2) is 0 Å². The van der Waals surface area contributed by atoms with Crippen LogP contribution in [-0.2, 0) is 0 Å². The highest BCUT2D eigenvalue weighted by Crippen LogP contribution is 2.10. The molecule has 0 amide bonds. The first-order chi connectivity index (χ1) is 3.30. The molecule has 0 aromatic rings. The van der Waals surface area contributed by atoms with Crippen molar-refractivity contribution in [3.63, 3.8) is 0 Å². The molecule has 0 aromatic carbocycles. The van der Waals surface area contributed by atoms with Crippen LogP contribution in [0.5, 0.6) is 0 Å². The molecule has 1 unspecified atom stereocenters. The molecule has 0 spiro atoms. The number of hydrogen-bond acceptors (Lipinski definition) is 1. The summed E-state index contributed by atoms with van der Waals surface area (Å²) in [4.78, 5) is 0. The van der Waals surface area contributed by atoms with Crippen LogP contribution in [0.25, 0.3) is 0 Å². The van der Waals surface area contributed by atoms with Gasteiger partial charge in [-0.2, -0.15) is 0 Å². The maximum atomic E-state index is 2.54. The first-order valence-corrected chi connectivity index (χ1v) is 5.49. The lowest BCUT2D eigenvalue weighted by atomic mass is 10.5. The van der Waals surface area contributed by atoms with Gasteiger partial charge in [-0.25, -0.2) is 0 Å². The molecule has 1 fully saturated rings. The van der Waals surface area contributed by atoms with Crippen molar-refractivity contribution in [2.45, 2.75) is 19.0 Å². The monoisotopic (exact) mass is 115 g/mol. The topological polar surface area (TPSA) is 3.24 Å². The normalized spacial score (nSPS) is 34.3. The molecule has 1 atom stereocenters. The second kappa shape index (κ2) is 1.97. The summed E-state index contributed by atoms with van der Waals surface area (Å²) in [5.41, 5.74) is 0. The van der Waals surface area contributed by atoms with Crippen molar-refractivity contribution in [2.75, 3.05) is 13.6 Å². The SMILES string of the molecule is CN1CCC[SiH]1C. The molecule has 7 heavy (non-hydrogen) atoms. The van der Waals surface area contributed by atoms with Gasteiger partial charge in [0.15, 0.2) is 0 Å². The maximum Gasteiger partial charge on any atom is 0.108 e. The molecule has 0 bridgehead atoms. The van der Waals surface area contributed by atoms with Crippen LogP contribution in [0.1, 0.15) is 6.42 Å². The summed E-state index contributed by atoms with van der Waals surface area (Å²) < 4.78 is 2.54. The van der Waals surface area contributed by atoms with E-state index >= 15 is 0 Å². The summed E-state index contributed by atoms with van der Waals surface area (Å²) >= 11 is 0. The van der Waals surface area contributed by atoms with Gasteiger partial charge in [-0.1, -0.05) is 6.55 Å². The van der Waals surface area contributed by atoms with Gasteiger partial charge >= 0.3 is 0 Å². The van der Waals surface area contributed by atoms with Gasteiger partial charge in [0.25, 0.3) is 0 Å². The van der Waals surface area contributed by atoms with Crippen LogP contribution >= 0.6 is 0 Å². The molecule has 42 valence electrons. The minimum absolute atomic E-state index is 0.310. The van der Waals surface area contributed by atoms with Crippen LogP contribution in [0.3, 0.4) is 0 Å². The third kappa shape index (κ3) is 1.04. The third-order valence-electron chi connectivity index (χ3n) is 1.89. The molecule has 2 heteroatoms.